The van der Waals surface area contributed by atoms with Gasteiger partial charge in [0.1, 0.15) is 5.15 Å². The molecule has 0 saturated carbocycles. The van der Waals surface area contributed by atoms with E-state index in [1.807, 2.05) is 18.2 Å². The molecular formula is C14H17ClN4. The molecule has 0 spiro atoms. The quantitative estimate of drug-likeness (QED) is 0.839. The summed E-state index contributed by atoms with van der Waals surface area (Å²) in [7, 11) is 0. The predicted molar refractivity (Wildman–Crippen MR) is 79.1 cm³/mol. The lowest BCUT2D eigenvalue weighted by atomic mass is 10.0. The number of nitrogens with zero attached hydrogens (tertiary/aromatic N) is 2. The number of aromatic nitrogens is 2. The highest BCUT2D eigenvalue weighted by molar-refractivity contribution is 6.29. The van der Waals surface area contributed by atoms with Crippen molar-refractivity contribution < 1.29 is 0 Å². The van der Waals surface area contributed by atoms with Gasteiger partial charge in [0.15, 0.2) is 5.82 Å². The molecule has 0 fully saturated rings. The van der Waals surface area contributed by atoms with E-state index in [0.717, 1.165) is 5.69 Å². The van der Waals surface area contributed by atoms with Gasteiger partial charge in [-0.05, 0) is 30.2 Å². The maximum absolute atomic E-state index is 5.91. The van der Waals surface area contributed by atoms with Gasteiger partial charge in [0.25, 0.3) is 0 Å². The van der Waals surface area contributed by atoms with Crippen molar-refractivity contribution >= 4 is 23.1 Å². The molecule has 2 aromatic heterocycles. The number of hydrogen-bond acceptors (Lipinski definition) is 4. The van der Waals surface area contributed by atoms with Crippen molar-refractivity contribution in [2.75, 3.05) is 11.1 Å². The number of nitrogens with one attached hydrogen (secondary N) is 1. The Labute approximate surface area is 118 Å². The van der Waals surface area contributed by atoms with Gasteiger partial charge in [-0.2, -0.15) is 0 Å². The zero-order valence-electron chi connectivity index (χ0n) is 11.0. The molecule has 0 bridgehead atoms. The molecular weight excluding hydrogens is 260 g/mol. The Bertz CT molecular complexity index is 542. The van der Waals surface area contributed by atoms with Crippen LogP contribution in [0.25, 0.3) is 0 Å². The number of anilines is 2. The summed E-state index contributed by atoms with van der Waals surface area (Å²) in [6.45, 7) is 4.24. The lowest BCUT2D eigenvalue weighted by Crippen LogP contribution is -2.19. The summed E-state index contributed by atoms with van der Waals surface area (Å²) < 4.78 is 0. The smallest absolute Gasteiger partial charge is 0.151 e. The van der Waals surface area contributed by atoms with Crippen molar-refractivity contribution in [1.29, 1.82) is 0 Å². The molecule has 2 heterocycles. The van der Waals surface area contributed by atoms with Crippen molar-refractivity contribution in [2.24, 2.45) is 5.92 Å². The van der Waals surface area contributed by atoms with E-state index in [9.17, 15) is 0 Å². The third-order valence-corrected chi connectivity index (χ3v) is 3.07. The Morgan fingerprint density at radius 2 is 2.00 bits per heavy atom. The van der Waals surface area contributed by atoms with Crippen LogP contribution in [0.3, 0.4) is 0 Å². The van der Waals surface area contributed by atoms with Crippen LogP contribution in [0.15, 0.2) is 36.5 Å². The summed E-state index contributed by atoms with van der Waals surface area (Å²) >= 11 is 5.90. The SMILES string of the molecule is CC(C)[C@H](Nc1nc(Cl)ccc1N)c1ccccn1. The highest BCUT2D eigenvalue weighted by Crippen LogP contribution is 2.27. The standard InChI is InChI=1S/C14H17ClN4/c1-9(2)13(11-5-3-4-8-17-11)19-14-10(16)6-7-12(15)18-14/h3-9,13H,16H2,1-2H3,(H,18,19)/t13-/m0/s1. The zero-order valence-corrected chi connectivity index (χ0v) is 11.7. The molecule has 19 heavy (non-hydrogen) atoms. The second-order valence-corrected chi connectivity index (χ2v) is 5.08. The molecule has 2 aromatic rings. The van der Waals surface area contributed by atoms with Crippen LogP contribution in [0.2, 0.25) is 5.15 Å². The van der Waals surface area contributed by atoms with Gasteiger partial charge < -0.3 is 11.1 Å². The number of hydrogen-bond donors (Lipinski definition) is 2. The summed E-state index contributed by atoms with van der Waals surface area (Å²) in [5.41, 5.74) is 7.44. The summed E-state index contributed by atoms with van der Waals surface area (Å²) in [6, 6.07) is 9.30. The Morgan fingerprint density at radius 1 is 1.21 bits per heavy atom. The van der Waals surface area contributed by atoms with E-state index in [2.05, 4.69) is 29.1 Å². The Balaban J connectivity index is 2.29. The van der Waals surface area contributed by atoms with Gasteiger partial charge in [0, 0.05) is 6.20 Å². The molecule has 0 radical (unpaired) electrons. The Kier molecular flexibility index (Phi) is 4.22. The number of halogens is 1. The van der Waals surface area contributed by atoms with Crippen LogP contribution < -0.4 is 11.1 Å². The van der Waals surface area contributed by atoms with Gasteiger partial charge in [0.2, 0.25) is 0 Å². The van der Waals surface area contributed by atoms with Crippen LogP contribution in [-0.2, 0) is 0 Å². The van der Waals surface area contributed by atoms with Gasteiger partial charge in [-0.1, -0.05) is 31.5 Å². The minimum atomic E-state index is 0.0365. The Morgan fingerprint density at radius 3 is 2.63 bits per heavy atom. The van der Waals surface area contributed by atoms with E-state index in [1.54, 1.807) is 18.3 Å². The van der Waals surface area contributed by atoms with E-state index >= 15 is 0 Å². The molecule has 5 heteroatoms. The van der Waals surface area contributed by atoms with E-state index in [4.69, 9.17) is 17.3 Å². The normalized spacial score (nSPS) is 12.4. The fourth-order valence-electron chi connectivity index (χ4n) is 1.85. The molecule has 2 rings (SSSR count). The number of nitrogen functional groups attached to an aromatic ring is 1. The third kappa shape index (κ3) is 3.35. The van der Waals surface area contributed by atoms with Crippen LogP contribution in [-0.4, -0.2) is 9.97 Å². The minimum absolute atomic E-state index is 0.0365. The zero-order chi connectivity index (χ0) is 13.8. The van der Waals surface area contributed by atoms with E-state index in [-0.39, 0.29) is 6.04 Å². The highest BCUT2D eigenvalue weighted by atomic mass is 35.5. The average molecular weight is 277 g/mol. The lowest BCUT2D eigenvalue weighted by molar-refractivity contribution is 0.533. The van der Waals surface area contributed by atoms with Gasteiger partial charge in [-0.25, -0.2) is 4.98 Å². The van der Waals surface area contributed by atoms with Gasteiger partial charge in [0.05, 0.1) is 17.4 Å². The second-order valence-electron chi connectivity index (χ2n) is 4.69. The first-order chi connectivity index (χ1) is 9.08. The first kappa shape index (κ1) is 13.6. The molecule has 0 aromatic carbocycles. The van der Waals surface area contributed by atoms with Crippen LogP contribution in [0.4, 0.5) is 11.5 Å². The first-order valence-corrected chi connectivity index (χ1v) is 6.55. The monoisotopic (exact) mass is 276 g/mol. The maximum Gasteiger partial charge on any atom is 0.151 e. The van der Waals surface area contributed by atoms with Crippen molar-refractivity contribution in [3.63, 3.8) is 0 Å². The van der Waals surface area contributed by atoms with Crippen molar-refractivity contribution in [2.45, 2.75) is 19.9 Å². The van der Waals surface area contributed by atoms with Gasteiger partial charge in [-0.3, -0.25) is 4.98 Å². The minimum Gasteiger partial charge on any atom is -0.396 e. The fraction of sp³-hybridized carbons (Fsp3) is 0.286. The summed E-state index contributed by atoms with van der Waals surface area (Å²) in [4.78, 5) is 8.61. The molecule has 4 nitrogen and oxygen atoms in total. The van der Waals surface area contributed by atoms with E-state index < -0.39 is 0 Å². The number of nitrogens with two attached hydrogens (primary N) is 1. The molecule has 0 aliphatic carbocycles. The van der Waals surface area contributed by atoms with Crippen molar-refractivity contribution in [3.8, 4) is 0 Å². The fourth-order valence-corrected chi connectivity index (χ4v) is 2.00. The molecule has 100 valence electrons. The molecule has 0 amide bonds. The molecule has 1 atom stereocenters. The number of rotatable bonds is 4. The summed E-state index contributed by atoms with van der Waals surface area (Å²) in [5.74, 6) is 0.937. The largest absolute Gasteiger partial charge is 0.396 e. The van der Waals surface area contributed by atoms with Crippen LogP contribution >= 0.6 is 11.6 Å². The Hall–Kier alpha value is -1.81. The van der Waals surface area contributed by atoms with Crippen LogP contribution in [0, 0.1) is 5.92 Å². The van der Waals surface area contributed by atoms with E-state index in [1.165, 1.54) is 0 Å². The maximum atomic E-state index is 5.91. The average Bonchev–Trinajstić information content (AvgIpc) is 2.40. The molecule has 0 saturated heterocycles. The topological polar surface area (TPSA) is 63.8 Å². The summed E-state index contributed by atoms with van der Waals surface area (Å²) in [6.07, 6.45) is 1.78. The molecule has 0 aliphatic heterocycles. The van der Waals surface area contributed by atoms with Crippen LogP contribution in [0.1, 0.15) is 25.6 Å². The lowest BCUT2D eigenvalue weighted by Gasteiger charge is -2.23. The van der Waals surface area contributed by atoms with Gasteiger partial charge in [-0.15, -0.1) is 0 Å². The first-order valence-electron chi connectivity index (χ1n) is 6.17. The second kappa shape index (κ2) is 5.89. The van der Waals surface area contributed by atoms with Gasteiger partial charge >= 0.3 is 0 Å². The molecule has 3 N–H and O–H groups in total. The van der Waals surface area contributed by atoms with E-state index in [0.29, 0.717) is 22.6 Å². The number of pyridine rings is 2. The third-order valence-electron chi connectivity index (χ3n) is 2.86. The van der Waals surface area contributed by atoms with Crippen molar-refractivity contribution in [1.82, 2.24) is 9.97 Å². The molecule has 0 aliphatic rings. The predicted octanol–water partition coefficient (Wildman–Crippen LogP) is 3.52. The van der Waals surface area contributed by atoms with Crippen LogP contribution in [0.5, 0.6) is 0 Å². The molecule has 0 unspecified atom stereocenters. The van der Waals surface area contributed by atoms with Crippen molar-refractivity contribution in [3.05, 3.63) is 47.4 Å². The highest BCUT2D eigenvalue weighted by Gasteiger charge is 2.18. The summed E-state index contributed by atoms with van der Waals surface area (Å²) in [5, 5.41) is 3.74.